The van der Waals surface area contributed by atoms with Crippen molar-refractivity contribution in [1.29, 1.82) is 0 Å². The third-order valence-electron chi connectivity index (χ3n) is 2.52. The Morgan fingerprint density at radius 2 is 2.29 bits per heavy atom. The largest absolute Gasteiger partial charge is 0.394 e. The van der Waals surface area contributed by atoms with Crippen molar-refractivity contribution in [2.24, 2.45) is 0 Å². The second-order valence-electron chi connectivity index (χ2n) is 4.01. The molecule has 0 aliphatic carbocycles. The molecule has 1 heterocycles. The zero-order valence-corrected chi connectivity index (χ0v) is 9.63. The quantitative estimate of drug-likeness (QED) is 0.809. The van der Waals surface area contributed by atoms with Crippen LogP contribution in [0.2, 0.25) is 0 Å². The second-order valence-corrected chi connectivity index (χ2v) is 4.01. The van der Waals surface area contributed by atoms with Gasteiger partial charge in [0.05, 0.1) is 24.0 Å². The summed E-state index contributed by atoms with van der Waals surface area (Å²) in [6, 6.07) is 7.42. The lowest BCUT2D eigenvalue weighted by atomic mass is 10.3. The predicted molar refractivity (Wildman–Crippen MR) is 64.4 cm³/mol. The van der Waals surface area contributed by atoms with Crippen LogP contribution in [0.5, 0.6) is 0 Å². The van der Waals surface area contributed by atoms with Gasteiger partial charge in [-0.2, -0.15) is 0 Å². The normalized spacial score (nSPS) is 12.6. The second kappa shape index (κ2) is 4.97. The lowest BCUT2D eigenvalue weighted by Gasteiger charge is -2.11. The Bertz CT molecular complexity index is 521. The molecule has 90 valence electrons. The van der Waals surface area contributed by atoms with Crippen molar-refractivity contribution in [2.45, 2.75) is 19.5 Å². The highest BCUT2D eigenvalue weighted by Crippen LogP contribution is 2.11. The van der Waals surface area contributed by atoms with Crippen LogP contribution in [0.4, 0.5) is 0 Å². The third kappa shape index (κ3) is 2.62. The van der Waals surface area contributed by atoms with Crippen LogP contribution >= 0.6 is 0 Å². The van der Waals surface area contributed by atoms with E-state index in [1.807, 2.05) is 24.3 Å². The fraction of sp³-hybridized carbons (Fsp3) is 0.333. The summed E-state index contributed by atoms with van der Waals surface area (Å²) in [6.07, 6.45) is 1.65. The van der Waals surface area contributed by atoms with E-state index in [4.69, 9.17) is 5.11 Å². The number of aromatic nitrogens is 2. The topological polar surface area (TPSA) is 67.2 Å². The Morgan fingerprint density at radius 3 is 3.06 bits per heavy atom. The van der Waals surface area contributed by atoms with E-state index in [2.05, 4.69) is 10.3 Å². The number of hydrogen-bond acceptors (Lipinski definition) is 3. The molecule has 1 atom stereocenters. The van der Waals surface area contributed by atoms with Crippen LogP contribution in [-0.4, -0.2) is 33.2 Å². The monoisotopic (exact) mass is 233 g/mol. The number of carbonyl (C=O) groups is 1. The summed E-state index contributed by atoms with van der Waals surface area (Å²) >= 11 is 0. The molecular weight excluding hydrogens is 218 g/mol. The minimum absolute atomic E-state index is 0.0591. The fourth-order valence-corrected chi connectivity index (χ4v) is 1.66. The molecular formula is C12H15N3O2. The van der Waals surface area contributed by atoms with Crippen molar-refractivity contribution < 1.29 is 9.90 Å². The third-order valence-corrected chi connectivity index (χ3v) is 2.52. The van der Waals surface area contributed by atoms with Gasteiger partial charge in [0.15, 0.2) is 0 Å². The Balaban J connectivity index is 2.11. The molecule has 0 spiro atoms. The number of amides is 1. The van der Waals surface area contributed by atoms with Gasteiger partial charge in [-0.05, 0) is 19.1 Å². The van der Waals surface area contributed by atoms with Gasteiger partial charge >= 0.3 is 0 Å². The number of nitrogens with zero attached hydrogens (tertiary/aromatic N) is 2. The average molecular weight is 233 g/mol. The van der Waals surface area contributed by atoms with E-state index in [0.29, 0.717) is 0 Å². The van der Waals surface area contributed by atoms with Gasteiger partial charge in [-0.15, -0.1) is 0 Å². The fourth-order valence-electron chi connectivity index (χ4n) is 1.66. The van der Waals surface area contributed by atoms with Crippen molar-refractivity contribution in [1.82, 2.24) is 14.9 Å². The van der Waals surface area contributed by atoms with Crippen LogP contribution in [0.1, 0.15) is 6.92 Å². The number of hydrogen-bond donors (Lipinski definition) is 2. The number of aliphatic hydroxyl groups is 1. The number of carbonyl (C=O) groups excluding carboxylic acids is 1. The smallest absolute Gasteiger partial charge is 0.240 e. The first-order valence-electron chi connectivity index (χ1n) is 5.51. The Morgan fingerprint density at radius 1 is 1.53 bits per heavy atom. The van der Waals surface area contributed by atoms with Crippen LogP contribution < -0.4 is 5.32 Å². The number of para-hydroxylation sites is 2. The molecule has 2 aromatic rings. The minimum Gasteiger partial charge on any atom is -0.394 e. The van der Waals surface area contributed by atoms with Crippen LogP contribution in [0.25, 0.3) is 11.0 Å². The van der Waals surface area contributed by atoms with Gasteiger partial charge in [0.2, 0.25) is 5.91 Å². The summed E-state index contributed by atoms with van der Waals surface area (Å²) in [5, 5.41) is 11.5. The highest BCUT2D eigenvalue weighted by atomic mass is 16.3. The van der Waals surface area contributed by atoms with Gasteiger partial charge in [0, 0.05) is 6.04 Å². The molecule has 1 aromatic heterocycles. The molecule has 5 nitrogen and oxygen atoms in total. The Kier molecular flexibility index (Phi) is 3.39. The lowest BCUT2D eigenvalue weighted by molar-refractivity contribution is -0.122. The molecule has 0 bridgehead atoms. The van der Waals surface area contributed by atoms with Crippen molar-refractivity contribution in [2.75, 3.05) is 6.61 Å². The SMILES string of the molecule is C[C@@H](CO)NC(=O)Cn1cnc2ccccc21. The lowest BCUT2D eigenvalue weighted by Crippen LogP contribution is -2.37. The van der Waals surface area contributed by atoms with E-state index in [1.54, 1.807) is 17.8 Å². The van der Waals surface area contributed by atoms with E-state index in [9.17, 15) is 4.79 Å². The molecule has 1 aromatic carbocycles. The zero-order chi connectivity index (χ0) is 12.3. The first kappa shape index (κ1) is 11.6. The molecule has 2 rings (SSSR count). The zero-order valence-electron chi connectivity index (χ0n) is 9.63. The summed E-state index contributed by atoms with van der Waals surface area (Å²) in [4.78, 5) is 15.9. The molecule has 0 saturated heterocycles. The number of imidazole rings is 1. The average Bonchev–Trinajstić information content (AvgIpc) is 2.72. The number of fused-ring (bicyclic) bond motifs is 1. The van der Waals surface area contributed by atoms with Crippen molar-refractivity contribution >= 4 is 16.9 Å². The van der Waals surface area contributed by atoms with Gasteiger partial charge in [-0.25, -0.2) is 4.98 Å². The predicted octanol–water partition coefficient (Wildman–Crippen LogP) is 0.533. The molecule has 2 N–H and O–H groups in total. The molecule has 0 fully saturated rings. The highest BCUT2D eigenvalue weighted by molar-refractivity contribution is 5.80. The van der Waals surface area contributed by atoms with Crippen molar-refractivity contribution in [3.8, 4) is 0 Å². The minimum atomic E-state index is -0.225. The van der Waals surface area contributed by atoms with E-state index in [-0.39, 0.29) is 25.1 Å². The van der Waals surface area contributed by atoms with Gasteiger partial charge in [-0.3, -0.25) is 4.79 Å². The van der Waals surface area contributed by atoms with Crippen molar-refractivity contribution in [3.63, 3.8) is 0 Å². The maximum atomic E-state index is 11.7. The van der Waals surface area contributed by atoms with Gasteiger partial charge in [0.25, 0.3) is 0 Å². The Labute approximate surface area is 99.1 Å². The summed E-state index contributed by atoms with van der Waals surface area (Å²) in [5.74, 6) is -0.130. The number of rotatable bonds is 4. The van der Waals surface area contributed by atoms with Crippen LogP contribution in [0, 0.1) is 0 Å². The van der Waals surface area contributed by atoms with Crippen LogP contribution in [0.15, 0.2) is 30.6 Å². The first-order valence-corrected chi connectivity index (χ1v) is 5.51. The summed E-state index contributed by atoms with van der Waals surface area (Å²) in [5.41, 5.74) is 1.80. The molecule has 0 unspecified atom stereocenters. The van der Waals surface area contributed by atoms with Crippen molar-refractivity contribution in [3.05, 3.63) is 30.6 Å². The standard InChI is InChI=1S/C12H15N3O2/c1-9(7-16)14-12(17)6-15-8-13-10-4-2-3-5-11(10)15/h2-5,8-9,16H,6-7H2,1H3,(H,14,17)/t9-/m0/s1. The van der Waals surface area contributed by atoms with Gasteiger partial charge < -0.3 is 15.0 Å². The van der Waals surface area contributed by atoms with Gasteiger partial charge in [0.1, 0.15) is 6.54 Å². The molecule has 0 radical (unpaired) electrons. The molecule has 17 heavy (non-hydrogen) atoms. The molecule has 5 heteroatoms. The van der Waals surface area contributed by atoms with Crippen LogP contribution in [0.3, 0.4) is 0 Å². The molecule has 1 amide bonds. The number of benzene rings is 1. The molecule has 0 saturated carbocycles. The molecule has 0 aliphatic rings. The maximum Gasteiger partial charge on any atom is 0.240 e. The van der Waals surface area contributed by atoms with E-state index in [1.165, 1.54) is 0 Å². The van der Waals surface area contributed by atoms with E-state index < -0.39 is 0 Å². The van der Waals surface area contributed by atoms with Gasteiger partial charge in [-0.1, -0.05) is 12.1 Å². The first-order chi connectivity index (χ1) is 8.20. The molecule has 0 aliphatic heterocycles. The highest BCUT2D eigenvalue weighted by Gasteiger charge is 2.08. The Hall–Kier alpha value is -1.88. The maximum absolute atomic E-state index is 11.7. The summed E-state index contributed by atoms with van der Waals surface area (Å²) in [7, 11) is 0. The number of aliphatic hydroxyl groups excluding tert-OH is 1. The van der Waals surface area contributed by atoms with E-state index >= 15 is 0 Å². The van der Waals surface area contributed by atoms with Crippen LogP contribution in [-0.2, 0) is 11.3 Å². The number of nitrogens with one attached hydrogen (secondary N) is 1. The summed E-state index contributed by atoms with van der Waals surface area (Å²) < 4.78 is 1.79. The van der Waals surface area contributed by atoms with E-state index in [0.717, 1.165) is 11.0 Å². The summed E-state index contributed by atoms with van der Waals surface area (Å²) in [6.45, 7) is 1.91.